The predicted molar refractivity (Wildman–Crippen MR) is 111 cm³/mol. The van der Waals surface area contributed by atoms with Gasteiger partial charge in [-0.25, -0.2) is 0 Å². The average molecular weight is 439 g/mol. The summed E-state index contributed by atoms with van der Waals surface area (Å²) in [5, 5.41) is 2.85. The Hall–Kier alpha value is -2.86. The number of furan rings is 1. The van der Waals surface area contributed by atoms with Crippen LogP contribution in [0.25, 0.3) is 0 Å². The zero-order chi connectivity index (χ0) is 19.7. The molecular weight excluding hydrogens is 420 g/mol. The Morgan fingerprint density at radius 3 is 2.75 bits per heavy atom. The average Bonchev–Trinajstić information content (AvgIpc) is 3.31. The number of carbonyl (C=O) groups is 2. The quantitative estimate of drug-likeness (QED) is 0.652. The number of anilines is 1. The molecule has 5 nitrogen and oxygen atoms in total. The van der Waals surface area contributed by atoms with E-state index in [-0.39, 0.29) is 17.6 Å². The third-order valence-corrected chi connectivity index (χ3v) is 5.23. The first-order valence-electron chi connectivity index (χ1n) is 9.05. The van der Waals surface area contributed by atoms with Crippen molar-refractivity contribution in [2.24, 2.45) is 0 Å². The number of rotatable bonds is 4. The smallest absolute Gasteiger partial charge is 0.287 e. The number of nitrogens with one attached hydrogen (secondary N) is 1. The van der Waals surface area contributed by atoms with E-state index in [4.69, 9.17) is 4.42 Å². The van der Waals surface area contributed by atoms with Crippen molar-refractivity contribution in [3.05, 3.63) is 87.3 Å². The van der Waals surface area contributed by atoms with Crippen molar-refractivity contribution in [3.8, 4) is 0 Å². The van der Waals surface area contributed by atoms with E-state index in [1.807, 2.05) is 54.3 Å². The van der Waals surface area contributed by atoms with Crippen LogP contribution in [0, 0.1) is 6.92 Å². The minimum Gasteiger partial charge on any atom is -0.444 e. The molecule has 2 amide bonds. The number of fused-ring (bicyclic) bond motifs is 1. The number of hydrogen-bond acceptors (Lipinski definition) is 3. The number of halogens is 1. The van der Waals surface area contributed by atoms with E-state index in [1.54, 1.807) is 12.1 Å². The van der Waals surface area contributed by atoms with E-state index < -0.39 is 0 Å². The summed E-state index contributed by atoms with van der Waals surface area (Å²) in [6.07, 6.45) is 0.833. The molecule has 1 N–H and O–H groups in total. The Morgan fingerprint density at radius 2 is 2.00 bits per heavy atom. The van der Waals surface area contributed by atoms with Gasteiger partial charge in [0, 0.05) is 24.3 Å². The van der Waals surface area contributed by atoms with Crippen LogP contribution in [0.15, 0.2) is 63.7 Å². The predicted octanol–water partition coefficient (Wildman–Crippen LogP) is 4.48. The summed E-state index contributed by atoms with van der Waals surface area (Å²) in [6, 6.07) is 16.9. The summed E-state index contributed by atoms with van der Waals surface area (Å²) in [4.78, 5) is 26.9. The fourth-order valence-corrected chi connectivity index (χ4v) is 3.69. The molecule has 2 aromatic carbocycles. The largest absolute Gasteiger partial charge is 0.444 e. The SMILES string of the molecule is Cc1cccc(C(=O)N2CCc3ccc(CNC(=O)c4ccc(Br)o4)cc32)c1. The van der Waals surface area contributed by atoms with Gasteiger partial charge in [-0.3, -0.25) is 9.59 Å². The van der Waals surface area contributed by atoms with Crippen LogP contribution < -0.4 is 10.2 Å². The molecule has 0 aliphatic carbocycles. The number of hydrogen-bond donors (Lipinski definition) is 1. The molecule has 0 fully saturated rings. The lowest BCUT2D eigenvalue weighted by Crippen LogP contribution is -2.29. The van der Waals surface area contributed by atoms with E-state index in [0.29, 0.717) is 23.3 Å². The van der Waals surface area contributed by atoms with E-state index in [1.165, 1.54) is 0 Å². The summed E-state index contributed by atoms with van der Waals surface area (Å²) < 4.78 is 5.78. The van der Waals surface area contributed by atoms with Crippen LogP contribution in [-0.4, -0.2) is 18.4 Å². The molecule has 1 aliphatic heterocycles. The van der Waals surface area contributed by atoms with Gasteiger partial charge in [-0.05, 0) is 70.7 Å². The number of carbonyl (C=O) groups excluding carboxylic acids is 2. The zero-order valence-electron chi connectivity index (χ0n) is 15.4. The molecule has 1 aromatic heterocycles. The minimum absolute atomic E-state index is 0.00377. The van der Waals surface area contributed by atoms with E-state index >= 15 is 0 Å². The summed E-state index contributed by atoms with van der Waals surface area (Å²) in [5.74, 6) is -0.0211. The van der Waals surface area contributed by atoms with Crippen LogP contribution in [0.3, 0.4) is 0 Å². The lowest BCUT2D eigenvalue weighted by molar-refractivity contribution is 0.0921. The second kappa shape index (κ2) is 7.64. The summed E-state index contributed by atoms with van der Waals surface area (Å²) in [6.45, 7) is 3.00. The number of aryl methyl sites for hydroxylation is 1. The van der Waals surface area contributed by atoms with Crippen LogP contribution >= 0.6 is 15.9 Å². The molecule has 4 rings (SSSR count). The third-order valence-electron chi connectivity index (χ3n) is 4.81. The highest BCUT2D eigenvalue weighted by atomic mass is 79.9. The topological polar surface area (TPSA) is 62.6 Å². The van der Waals surface area contributed by atoms with E-state index in [2.05, 4.69) is 21.2 Å². The van der Waals surface area contributed by atoms with Crippen LogP contribution in [0.1, 0.15) is 37.6 Å². The molecular formula is C22H19BrN2O3. The number of amides is 2. The van der Waals surface area contributed by atoms with Gasteiger partial charge in [0.25, 0.3) is 11.8 Å². The molecule has 0 spiro atoms. The molecule has 0 saturated heterocycles. The summed E-state index contributed by atoms with van der Waals surface area (Å²) in [7, 11) is 0. The molecule has 0 saturated carbocycles. The van der Waals surface area contributed by atoms with Crippen LogP contribution in [0.5, 0.6) is 0 Å². The Balaban J connectivity index is 1.50. The first-order valence-corrected chi connectivity index (χ1v) is 9.84. The monoisotopic (exact) mass is 438 g/mol. The molecule has 2 heterocycles. The Bertz CT molecular complexity index is 1060. The van der Waals surface area contributed by atoms with Gasteiger partial charge in [0.2, 0.25) is 0 Å². The normalized spacial score (nSPS) is 12.7. The van der Waals surface area contributed by atoms with Crippen LogP contribution in [0.2, 0.25) is 0 Å². The molecule has 6 heteroatoms. The first-order chi connectivity index (χ1) is 13.5. The van der Waals surface area contributed by atoms with Crippen molar-refractivity contribution < 1.29 is 14.0 Å². The molecule has 1 aliphatic rings. The lowest BCUT2D eigenvalue weighted by Gasteiger charge is -2.18. The maximum atomic E-state index is 13.0. The fraction of sp³-hybridized carbons (Fsp3) is 0.182. The molecule has 142 valence electrons. The Kier molecular flexibility index (Phi) is 5.05. The zero-order valence-corrected chi connectivity index (χ0v) is 17.0. The van der Waals surface area contributed by atoms with Crippen molar-refractivity contribution >= 4 is 33.4 Å². The van der Waals surface area contributed by atoms with Gasteiger partial charge in [0.15, 0.2) is 10.4 Å². The Morgan fingerprint density at radius 1 is 1.14 bits per heavy atom. The van der Waals surface area contributed by atoms with Gasteiger partial charge in [-0.2, -0.15) is 0 Å². The fourth-order valence-electron chi connectivity index (χ4n) is 3.39. The van der Waals surface area contributed by atoms with Crippen LogP contribution in [0.4, 0.5) is 5.69 Å². The highest BCUT2D eigenvalue weighted by Crippen LogP contribution is 2.30. The van der Waals surface area contributed by atoms with Crippen molar-refractivity contribution in [2.75, 3.05) is 11.4 Å². The van der Waals surface area contributed by atoms with Gasteiger partial charge in [-0.1, -0.05) is 29.8 Å². The highest BCUT2D eigenvalue weighted by Gasteiger charge is 2.26. The van der Waals surface area contributed by atoms with Crippen molar-refractivity contribution in [3.63, 3.8) is 0 Å². The van der Waals surface area contributed by atoms with Gasteiger partial charge in [-0.15, -0.1) is 0 Å². The van der Waals surface area contributed by atoms with Gasteiger partial charge < -0.3 is 14.6 Å². The Labute approximate surface area is 171 Å². The standard InChI is InChI=1S/C22H19BrN2O3/c1-14-3-2-4-17(11-14)22(27)25-10-9-16-6-5-15(12-18(16)25)13-24-21(26)19-7-8-20(23)28-19/h2-8,11-12H,9-10,13H2,1H3,(H,24,26). The first kappa shape index (κ1) is 18.5. The van der Waals surface area contributed by atoms with E-state index in [9.17, 15) is 9.59 Å². The van der Waals surface area contributed by atoms with Crippen molar-refractivity contribution in [2.45, 2.75) is 19.9 Å². The maximum Gasteiger partial charge on any atom is 0.287 e. The van der Waals surface area contributed by atoms with Gasteiger partial charge in [0.1, 0.15) is 0 Å². The molecule has 0 unspecified atom stereocenters. The van der Waals surface area contributed by atoms with Crippen LogP contribution in [-0.2, 0) is 13.0 Å². The number of benzene rings is 2. The maximum absolute atomic E-state index is 13.0. The van der Waals surface area contributed by atoms with Crippen molar-refractivity contribution in [1.29, 1.82) is 0 Å². The lowest BCUT2D eigenvalue weighted by atomic mass is 10.1. The van der Waals surface area contributed by atoms with E-state index in [0.717, 1.165) is 28.8 Å². The van der Waals surface area contributed by atoms with Crippen molar-refractivity contribution in [1.82, 2.24) is 5.32 Å². The summed E-state index contributed by atoms with van der Waals surface area (Å²) in [5.41, 5.74) is 4.74. The molecule has 28 heavy (non-hydrogen) atoms. The minimum atomic E-state index is -0.279. The molecule has 0 radical (unpaired) electrons. The summed E-state index contributed by atoms with van der Waals surface area (Å²) >= 11 is 3.19. The molecule has 3 aromatic rings. The third kappa shape index (κ3) is 3.73. The highest BCUT2D eigenvalue weighted by molar-refractivity contribution is 9.10. The second-order valence-corrected chi connectivity index (χ2v) is 7.61. The van der Waals surface area contributed by atoms with Gasteiger partial charge in [0.05, 0.1) is 0 Å². The molecule has 0 bridgehead atoms. The number of nitrogens with zero attached hydrogens (tertiary/aromatic N) is 1. The molecule has 0 atom stereocenters. The second-order valence-electron chi connectivity index (χ2n) is 6.83. The van der Waals surface area contributed by atoms with Gasteiger partial charge >= 0.3 is 0 Å².